The molecule has 108 valence electrons. The van der Waals surface area contributed by atoms with Crippen LogP contribution in [0.25, 0.3) is 11.0 Å². The third kappa shape index (κ3) is 3.25. The normalized spacial score (nSPS) is 11.0. The third-order valence-corrected chi connectivity index (χ3v) is 4.78. The summed E-state index contributed by atoms with van der Waals surface area (Å²) in [6.45, 7) is 0.746. The first kappa shape index (κ1) is 14.1. The lowest BCUT2D eigenvalue weighted by molar-refractivity contribution is -0.133. The molecule has 0 amide bonds. The van der Waals surface area contributed by atoms with Crippen LogP contribution in [0.3, 0.4) is 0 Å². The molecule has 0 bridgehead atoms. The zero-order valence-electron chi connectivity index (χ0n) is 11.1. The predicted octanol–water partition coefficient (Wildman–Crippen LogP) is 2.91. The molecule has 0 spiro atoms. The zero-order chi connectivity index (χ0) is 14.7. The van der Waals surface area contributed by atoms with Gasteiger partial charge < -0.3 is 9.67 Å². The topological polar surface area (TPSA) is 68.0 Å². The number of carboxylic acids is 1. The third-order valence-electron chi connectivity index (χ3n) is 2.98. The van der Waals surface area contributed by atoms with Crippen LogP contribution in [-0.4, -0.2) is 31.4 Å². The van der Waals surface area contributed by atoms with E-state index < -0.39 is 5.97 Å². The standard InChI is InChI=1S/C14H13N3O2S2/c18-13(19)9-21-14-16-10-3-1-2-4-11(10)17(14)7-5-12-15-6-8-20-12/h1-4,6,8H,5,7,9H2,(H,18,19). The van der Waals surface area contributed by atoms with Crippen molar-refractivity contribution in [1.29, 1.82) is 0 Å². The van der Waals surface area contributed by atoms with Gasteiger partial charge in [0.05, 0.1) is 21.8 Å². The van der Waals surface area contributed by atoms with Gasteiger partial charge in [0.25, 0.3) is 0 Å². The summed E-state index contributed by atoms with van der Waals surface area (Å²) in [5, 5.41) is 12.6. The maximum Gasteiger partial charge on any atom is 0.313 e. The van der Waals surface area contributed by atoms with Gasteiger partial charge in [-0.3, -0.25) is 4.79 Å². The van der Waals surface area contributed by atoms with Gasteiger partial charge in [-0.1, -0.05) is 23.9 Å². The molecule has 0 aliphatic heterocycles. The van der Waals surface area contributed by atoms with Crippen molar-refractivity contribution in [3.8, 4) is 0 Å². The fourth-order valence-electron chi connectivity index (χ4n) is 2.09. The van der Waals surface area contributed by atoms with E-state index in [-0.39, 0.29) is 5.75 Å². The van der Waals surface area contributed by atoms with Crippen LogP contribution in [0.5, 0.6) is 0 Å². The number of aliphatic carboxylic acids is 1. The Morgan fingerprint density at radius 1 is 1.38 bits per heavy atom. The predicted molar refractivity (Wildman–Crippen MR) is 83.9 cm³/mol. The molecule has 7 heteroatoms. The number of carboxylic acid groups (broad SMARTS) is 1. The second-order valence-corrected chi connectivity index (χ2v) is 6.31. The molecule has 0 atom stereocenters. The highest BCUT2D eigenvalue weighted by molar-refractivity contribution is 7.99. The van der Waals surface area contributed by atoms with Gasteiger partial charge in [0.1, 0.15) is 0 Å². The van der Waals surface area contributed by atoms with Gasteiger partial charge in [0.2, 0.25) is 0 Å². The Balaban J connectivity index is 1.89. The van der Waals surface area contributed by atoms with E-state index in [0.29, 0.717) is 0 Å². The summed E-state index contributed by atoms with van der Waals surface area (Å²) in [7, 11) is 0. The highest BCUT2D eigenvalue weighted by Crippen LogP contribution is 2.24. The molecule has 2 heterocycles. The van der Waals surface area contributed by atoms with E-state index in [1.807, 2.05) is 29.6 Å². The van der Waals surface area contributed by atoms with E-state index in [0.717, 1.165) is 34.2 Å². The SMILES string of the molecule is O=C(O)CSc1nc2ccccc2n1CCc1nccs1. The van der Waals surface area contributed by atoms with Crippen molar-refractivity contribution in [1.82, 2.24) is 14.5 Å². The zero-order valence-corrected chi connectivity index (χ0v) is 12.7. The number of benzene rings is 1. The van der Waals surface area contributed by atoms with Crippen molar-refractivity contribution in [3.63, 3.8) is 0 Å². The lowest BCUT2D eigenvalue weighted by Gasteiger charge is -2.07. The van der Waals surface area contributed by atoms with Crippen LogP contribution in [0.1, 0.15) is 5.01 Å². The van der Waals surface area contributed by atoms with Crippen molar-refractivity contribution in [2.24, 2.45) is 0 Å². The summed E-state index contributed by atoms with van der Waals surface area (Å²) in [6.07, 6.45) is 2.62. The Kier molecular flexibility index (Phi) is 4.21. The van der Waals surface area contributed by atoms with E-state index in [2.05, 4.69) is 14.5 Å². The number of imidazole rings is 1. The number of thiazole rings is 1. The van der Waals surface area contributed by atoms with Gasteiger partial charge >= 0.3 is 5.97 Å². The molecule has 5 nitrogen and oxygen atoms in total. The number of rotatable bonds is 6. The van der Waals surface area contributed by atoms with Gasteiger partial charge in [-0.2, -0.15) is 0 Å². The van der Waals surface area contributed by atoms with Crippen LogP contribution in [0.4, 0.5) is 0 Å². The van der Waals surface area contributed by atoms with Gasteiger partial charge in [-0.05, 0) is 12.1 Å². The van der Waals surface area contributed by atoms with Crippen molar-refractivity contribution in [2.75, 3.05) is 5.75 Å². The van der Waals surface area contributed by atoms with Crippen LogP contribution >= 0.6 is 23.1 Å². The number of carbonyl (C=O) groups is 1. The van der Waals surface area contributed by atoms with Crippen LogP contribution in [-0.2, 0) is 17.8 Å². The molecule has 2 aromatic heterocycles. The molecular formula is C14H13N3O2S2. The van der Waals surface area contributed by atoms with E-state index in [4.69, 9.17) is 5.11 Å². The first-order valence-electron chi connectivity index (χ1n) is 6.42. The maximum absolute atomic E-state index is 10.8. The van der Waals surface area contributed by atoms with E-state index in [9.17, 15) is 4.79 Å². The molecule has 0 aliphatic rings. The molecule has 1 N–H and O–H groups in total. The van der Waals surface area contributed by atoms with Crippen LogP contribution < -0.4 is 0 Å². The molecule has 3 rings (SSSR count). The second kappa shape index (κ2) is 6.28. The van der Waals surface area contributed by atoms with Crippen molar-refractivity contribution in [2.45, 2.75) is 18.1 Å². The Hall–Kier alpha value is -1.86. The lowest BCUT2D eigenvalue weighted by Crippen LogP contribution is -2.05. The minimum atomic E-state index is -0.835. The van der Waals surface area contributed by atoms with Crippen LogP contribution in [0.2, 0.25) is 0 Å². The quantitative estimate of drug-likeness (QED) is 0.708. The Bertz CT molecular complexity index is 753. The van der Waals surface area contributed by atoms with Gasteiger partial charge in [-0.25, -0.2) is 9.97 Å². The van der Waals surface area contributed by atoms with Gasteiger partial charge in [-0.15, -0.1) is 11.3 Å². The highest BCUT2D eigenvalue weighted by Gasteiger charge is 2.12. The fourth-order valence-corrected chi connectivity index (χ4v) is 3.46. The van der Waals surface area contributed by atoms with Crippen molar-refractivity contribution >= 4 is 40.1 Å². The highest BCUT2D eigenvalue weighted by atomic mass is 32.2. The number of aromatic nitrogens is 3. The summed E-state index contributed by atoms with van der Waals surface area (Å²) in [5.41, 5.74) is 1.92. The van der Waals surface area contributed by atoms with Crippen LogP contribution in [0, 0.1) is 0 Å². The van der Waals surface area contributed by atoms with Gasteiger partial charge in [0, 0.05) is 24.5 Å². The molecular weight excluding hydrogens is 306 g/mol. The molecule has 0 radical (unpaired) electrons. The van der Waals surface area contributed by atoms with Crippen molar-refractivity contribution in [3.05, 3.63) is 40.8 Å². The number of thioether (sulfide) groups is 1. The van der Waals surface area contributed by atoms with Crippen molar-refractivity contribution < 1.29 is 9.90 Å². The van der Waals surface area contributed by atoms with E-state index in [1.165, 1.54) is 11.8 Å². The number of hydrogen-bond acceptors (Lipinski definition) is 5. The Morgan fingerprint density at radius 3 is 3.00 bits per heavy atom. The van der Waals surface area contributed by atoms with E-state index >= 15 is 0 Å². The Labute approximate surface area is 129 Å². The summed E-state index contributed by atoms with van der Waals surface area (Å²) >= 11 is 2.88. The monoisotopic (exact) mass is 319 g/mol. The first-order chi connectivity index (χ1) is 10.2. The lowest BCUT2D eigenvalue weighted by atomic mass is 10.3. The average molecular weight is 319 g/mol. The van der Waals surface area contributed by atoms with E-state index in [1.54, 1.807) is 17.5 Å². The van der Waals surface area contributed by atoms with Crippen LogP contribution in [0.15, 0.2) is 41.0 Å². The average Bonchev–Trinajstić information content (AvgIpc) is 3.10. The minimum Gasteiger partial charge on any atom is -0.481 e. The molecule has 0 fully saturated rings. The fraction of sp³-hybridized carbons (Fsp3) is 0.214. The number of hydrogen-bond donors (Lipinski definition) is 1. The minimum absolute atomic E-state index is 0.0145. The summed E-state index contributed by atoms with van der Waals surface area (Å²) in [4.78, 5) is 19.6. The first-order valence-corrected chi connectivity index (χ1v) is 8.29. The second-order valence-electron chi connectivity index (χ2n) is 4.39. The molecule has 0 saturated carbocycles. The molecule has 21 heavy (non-hydrogen) atoms. The number of nitrogens with zero attached hydrogens (tertiary/aromatic N) is 3. The maximum atomic E-state index is 10.8. The molecule has 0 unspecified atom stereocenters. The Morgan fingerprint density at radius 2 is 2.24 bits per heavy atom. The summed E-state index contributed by atoms with van der Waals surface area (Å²) in [6, 6.07) is 7.86. The largest absolute Gasteiger partial charge is 0.481 e. The number of aryl methyl sites for hydroxylation is 2. The molecule has 3 aromatic rings. The molecule has 1 aromatic carbocycles. The number of fused-ring (bicyclic) bond motifs is 1. The molecule has 0 aliphatic carbocycles. The molecule has 0 saturated heterocycles. The summed E-state index contributed by atoms with van der Waals surface area (Å²) < 4.78 is 2.07. The number of para-hydroxylation sites is 2. The smallest absolute Gasteiger partial charge is 0.313 e. The summed E-state index contributed by atoms with van der Waals surface area (Å²) in [5.74, 6) is -0.820. The van der Waals surface area contributed by atoms with Gasteiger partial charge in [0.15, 0.2) is 5.16 Å².